The Labute approximate surface area is 294 Å². The molecule has 236 valence electrons. The molecule has 1 aliphatic rings. The minimum atomic E-state index is 0.637. The highest BCUT2D eigenvalue weighted by atomic mass is 15.0. The van der Waals surface area contributed by atoms with Crippen LogP contribution in [0.5, 0.6) is 0 Å². The topological polar surface area (TPSA) is 43.6 Å². The third-order valence-corrected chi connectivity index (χ3v) is 10.3. The molecule has 0 saturated carbocycles. The van der Waals surface area contributed by atoms with E-state index in [-0.39, 0.29) is 0 Å². The molecular formula is C47H28N4. The predicted molar refractivity (Wildman–Crippen MR) is 210 cm³/mol. The second-order valence-corrected chi connectivity index (χ2v) is 13.3. The van der Waals surface area contributed by atoms with Crippen LogP contribution in [0.4, 0.5) is 0 Å². The number of hydrogen-bond acceptors (Lipinski definition) is 3. The first-order valence-electron chi connectivity index (χ1n) is 17.3. The van der Waals surface area contributed by atoms with Crippen LogP contribution in [0.1, 0.15) is 0 Å². The fourth-order valence-corrected chi connectivity index (χ4v) is 8.01. The monoisotopic (exact) mass is 648 g/mol. The summed E-state index contributed by atoms with van der Waals surface area (Å²) in [7, 11) is 0. The van der Waals surface area contributed by atoms with E-state index in [4.69, 9.17) is 15.0 Å². The molecule has 10 aromatic rings. The van der Waals surface area contributed by atoms with Gasteiger partial charge in [-0.15, -0.1) is 0 Å². The Kier molecular flexibility index (Phi) is 5.92. The zero-order valence-electron chi connectivity index (χ0n) is 27.5. The van der Waals surface area contributed by atoms with Gasteiger partial charge in [0.25, 0.3) is 0 Å². The maximum absolute atomic E-state index is 5.21. The molecule has 2 heterocycles. The summed E-state index contributed by atoms with van der Waals surface area (Å²) in [6.45, 7) is 0. The van der Waals surface area contributed by atoms with Gasteiger partial charge in [-0.25, -0.2) is 15.0 Å². The van der Waals surface area contributed by atoms with Crippen LogP contribution < -0.4 is 0 Å². The van der Waals surface area contributed by atoms with Crippen LogP contribution in [0.3, 0.4) is 0 Å². The molecule has 2 aromatic heterocycles. The lowest BCUT2D eigenvalue weighted by atomic mass is 9.99. The lowest BCUT2D eigenvalue weighted by Crippen LogP contribution is -2.01. The summed E-state index contributed by atoms with van der Waals surface area (Å²) in [6, 6.07) is 60.3. The SMILES string of the molecule is c1ccc(-c2nc(-c3cccc(-n4c5ccccc5c5cc6ccccc6cc54)c3)nc(-c3cc4c5c(cccc5c3)-c3ccccc3-4)n2)cc1. The molecule has 0 fully saturated rings. The molecule has 0 N–H and O–H groups in total. The van der Waals surface area contributed by atoms with E-state index in [0.29, 0.717) is 17.5 Å². The summed E-state index contributed by atoms with van der Waals surface area (Å²) >= 11 is 0. The van der Waals surface area contributed by atoms with Crippen molar-refractivity contribution in [2.24, 2.45) is 0 Å². The van der Waals surface area contributed by atoms with Gasteiger partial charge in [-0.05, 0) is 86.3 Å². The van der Waals surface area contributed by atoms with Crippen molar-refractivity contribution in [3.05, 3.63) is 170 Å². The maximum Gasteiger partial charge on any atom is 0.164 e. The standard InChI is InChI=1S/C47H28N4/c1-2-12-29(13-3-1)45-48-46(50-47(49-45)34-24-32-16-11-22-39-36-19-6-7-20-37(36)41(27-34)44(32)39)33-17-10-18-35(25-33)51-42-23-9-8-21-38(42)40-26-30-14-4-5-15-31(30)28-43(40)51/h1-28H. The Morgan fingerprint density at radius 3 is 1.78 bits per heavy atom. The summed E-state index contributed by atoms with van der Waals surface area (Å²) in [5, 5.41) is 7.38. The second-order valence-electron chi connectivity index (χ2n) is 13.3. The Balaban J connectivity index is 1.12. The molecule has 51 heavy (non-hydrogen) atoms. The molecule has 0 atom stereocenters. The van der Waals surface area contributed by atoms with Crippen LogP contribution in [0, 0.1) is 0 Å². The smallest absolute Gasteiger partial charge is 0.164 e. The van der Waals surface area contributed by atoms with Crippen molar-refractivity contribution in [1.29, 1.82) is 0 Å². The quantitative estimate of drug-likeness (QED) is 0.191. The van der Waals surface area contributed by atoms with Gasteiger partial charge in [0.15, 0.2) is 17.5 Å². The van der Waals surface area contributed by atoms with Crippen LogP contribution in [0.2, 0.25) is 0 Å². The third kappa shape index (κ3) is 4.30. The van der Waals surface area contributed by atoms with Crippen LogP contribution in [0.25, 0.3) is 105 Å². The molecule has 0 saturated heterocycles. The van der Waals surface area contributed by atoms with Gasteiger partial charge >= 0.3 is 0 Å². The lowest BCUT2D eigenvalue weighted by Gasteiger charge is -2.12. The largest absolute Gasteiger partial charge is 0.309 e. The molecule has 11 rings (SSSR count). The Morgan fingerprint density at radius 2 is 0.941 bits per heavy atom. The highest BCUT2D eigenvalue weighted by Crippen LogP contribution is 2.48. The second kappa shape index (κ2) is 10.8. The summed E-state index contributed by atoms with van der Waals surface area (Å²) in [5.41, 5.74) is 11.2. The van der Waals surface area contributed by atoms with E-state index < -0.39 is 0 Å². The number of fused-ring (bicyclic) bond motifs is 7. The minimum absolute atomic E-state index is 0.637. The van der Waals surface area contributed by atoms with E-state index in [9.17, 15) is 0 Å². The van der Waals surface area contributed by atoms with E-state index in [1.54, 1.807) is 0 Å². The molecule has 4 heteroatoms. The van der Waals surface area contributed by atoms with Crippen molar-refractivity contribution in [2.45, 2.75) is 0 Å². The average Bonchev–Trinajstić information content (AvgIpc) is 3.70. The van der Waals surface area contributed by atoms with Gasteiger partial charge in [-0.3, -0.25) is 0 Å². The van der Waals surface area contributed by atoms with E-state index in [1.165, 1.54) is 60.1 Å². The van der Waals surface area contributed by atoms with Crippen molar-refractivity contribution in [3.8, 4) is 62.1 Å². The molecule has 0 unspecified atom stereocenters. The molecule has 8 aromatic carbocycles. The third-order valence-electron chi connectivity index (χ3n) is 10.3. The minimum Gasteiger partial charge on any atom is -0.309 e. The summed E-state index contributed by atoms with van der Waals surface area (Å²) in [6.07, 6.45) is 0. The Bertz CT molecular complexity index is 3030. The van der Waals surface area contributed by atoms with Gasteiger partial charge in [0.05, 0.1) is 11.0 Å². The number of aromatic nitrogens is 4. The molecule has 4 nitrogen and oxygen atoms in total. The van der Waals surface area contributed by atoms with Crippen LogP contribution >= 0.6 is 0 Å². The van der Waals surface area contributed by atoms with Crippen molar-refractivity contribution >= 4 is 43.4 Å². The van der Waals surface area contributed by atoms with E-state index in [0.717, 1.165) is 27.9 Å². The number of nitrogens with zero attached hydrogens (tertiary/aromatic N) is 4. The van der Waals surface area contributed by atoms with Gasteiger partial charge in [-0.1, -0.05) is 127 Å². The van der Waals surface area contributed by atoms with Crippen molar-refractivity contribution in [2.75, 3.05) is 0 Å². The van der Waals surface area contributed by atoms with Crippen LogP contribution in [-0.4, -0.2) is 19.5 Å². The first-order chi connectivity index (χ1) is 25.3. The number of hydrogen-bond donors (Lipinski definition) is 0. The molecule has 0 amide bonds. The van der Waals surface area contributed by atoms with Gasteiger partial charge < -0.3 is 4.57 Å². The molecule has 1 aliphatic carbocycles. The summed E-state index contributed by atoms with van der Waals surface area (Å²) in [5.74, 6) is 1.94. The molecule has 0 spiro atoms. The van der Waals surface area contributed by atoms with Crippen molar-refractivity contribution < 1.29 is 0 Å². The van der Waals surface area contributed by atoms with E-state index in [1.807, 2.05) is 18.2 Å². The number of para-hydroxylation sites is 1. The fourth-order valence-electron chi connectivity index (χ4n) is 8.01. The van der Waals surface area contributed by atoms with Crippen LogP contribution in [0.15, 0.2) is 170 Å². The number of rotatable bonds is 4. The molecule has 0 radical (unpaired) electrons. The first-order valence-corrected chi connectivity index (χ1v) is 17.3. The summed E-state index contributed by atoms with van der Waals surface area (Å²) < 4.78 is 2.36. The van der Waals surface area contributed by atoms with Gasteiger partial charge in [0.1, 0.15) is 0 Å². The Hall–Kier alpha value is -6.91. The molecule has 0 bridgehead atoms. The highest BCUT2D eigenvalue weighted by molar-refractivity contribution is 6.16. The molecular weight excluding hydrogens is 621 g/mol. The maximum atomic E-state index is 5.21. The summed E-state index contributed by atoms with van der Waals surface area (Å²) in [4.78, 5) is 15.4. The predicted octanol–water partition coefficient (Wildman–Crippen LogP) is 11.9. The number of benzene rings is 8. The van der Waals surface area contributed by atoms with Crippen molar-refractivity contribution in [1.82, 2.24) is 19.5 Å². The average molecular weight is 649 g/mol. The van der Waals surface area contributed by atoms with Crippen molar-refractivity contribution in [3.63, 3.8) is 0 Å². The van der Waals surface area contributed by atoms with Gasteiger partial charge in [-0.2, -0.15) is 0 Å². The zero-order valence-corrected chi connectivity index (χ0v) is 27.5. The van der Waals surface area contributed by atoms with Crippen LogP contribution in [-0.2, 0) is 0 Å². The zero-order chi connectivity index (χ0) is 33.5. The van der Waals surface area contributed by atoms with E-state index in [2.05, 4.69) is 156 Å². The Morgan fingerprint density at radius 1 is 0.333 bits per heavy atom. The van der Waals surface area contributed by atoms with Gasteiger partial charge in [0, 0.05) is 33.2 Å². The van der Waals surface area contributed by atoms with Gasteiger partial charge in [0.2, 0.25) is 0 Å². The fraction of sp³-hybridized carbons (Fsp3) is 0. The normalized spacial score (nSPS) is 11.9. The lowest BCUT2D eigenvalue weighted by molar-refractivity contribution is 1.07. The van der Waals surface area contributed by atoms with E-state index >= 15 is 0 Å². The highest BCUT2D eigenvalue weighted by Gasteiger charge is 2.23. The molecule has 0 aliphatic heterocycles. The first kappa shape index (κ1) is 28.0.